The van der Waals surface area contributed by atoms with Crippen molar-refractivity contribution in [3.8, 4) is 17.1 Å². The minimum atomic E-state index is -2.87. The lowest BCUT2D eigenvalue weighted by molar-refractivity contribution is -0.0498. The zero-order valence-electron chi connectivity index (χ0n) is 17.3. The van der Waals surface area contributed by atoms with E-state index in [0.29, 0.717) is 10.7 Å². The van der Waals surface area contributed by atoms with Crippen LogP contribution in [-0.2, 0) is 0 Å². The normalized spacial score (nSPS) is 11.2. The maximum Gasteiger partial charge on any atom is 0.387 e. The Balaban J connectivity index is 1.51. The van der Waals surface area contributed by atoms with Crippen LogP contribution in [-0.4, -0.2) is 42.9 Å². The molecule has 2 aromatic heterocycles. The Hall–Kier alpha value is -3.53. The molecule has 0 saturated heterocycles. The second-order valence-electron chi connectivity index (χ2n) is 6.91. The smallest absolute Gasteiger partial charge is 0.387 e. The number of para-hydroxylation sites is 1. The fourth-order valence-electron chi connectivity index (χ4n) is 3.43. The van der Waals surface area contributed by atoms with Crippen LogP contribution in [0.2, 0.25) is 0 Å². The lowest BCUT2D eigenvalue weighted by atomic mass is 10.2. The number of Topliss-reactive ketones (excluding diaryl/α,β-unsaturated/α-hetero) is 1. The number of hydrogen-bond acceptors (Lipinski definition) is 6. The first-order valence-corrected chi connectivity index (χ1v) is 10.7. The number of hydrogen-bond donors (Lipinski definition) is 0. The number of ketones is 1. The van der Waals surface area contributed by atoms with E-state index in [1.54, 1.807) is 16.8 Å². The molecule has 4 rings (SSSR count). The first-order valence-electron chi connectivity index (χ1n) is 9.68. The zero-order chi connectivity index (χ0) is 22.7. The van der Waals surface area contributed by atoms with Gasteiger partial charge in [0.25, 0.3) is 0 Å². The predicted octanol–water partition coefficient (Wildman–Crippen LogP) is 4.65. The molecule has 0 fully saturated rings. The highest BCUT2D eigenvalue weighted by Crippen LogP contribution is 2.26. The van der Waals surface area contributed by atoms with Gasteiger partial charge in [-0.2, -0.15) is 13.5 Å². The van der Waals surface area contributed by atoms with Crippen LogP contribution >= 0.6 is 11.8 Å². The summed E-state index contributed by atoms with van der Waals surface area (Å²) in [4.78, 5) is 13.0. The molecule has 0 spiro atoms. The summed E-state index contributed by atoms with van der Waals surface area (Å²) in [5.74, 6) is 0.184. The molecule has 164 valence electrons. The van der Waals surface area contributed by atoms with Crippen molar-refractivity contribution in [2.45, 2.75) is 25.6 Å². The van der Waals surface area contributed by atoms with Crippen LogP contribution in [0.5, 0.6) is 5.75 Å². The van der Waals surface area contributed by atoms with Crippen molar-refractivity contribution in [3.63, 3.8) is 0 Å². The van der Waals surface area contributed by atoms with Gasteiger partial charge in [-0.25, -0.2) is 0 Å². The number of alkyl halides is 2. The number of benzene rings is 2. The van der Waals surface area contributed by atoms with Crippen LogP contribution < -0.4 is 4.74 Å². The summed E-state index contributed by atoms with van der Waals surface area (Å²) < 4.78 is 32.6. The van der Waals surface area contributed by atoms with Crippen LogP contribution in [0.3, 0.4) is 0 Å². The summed E-state index contributed by atoms with van der Waals surface area (Å²) in [5.41, 5.74) is 3.76. The van der Waals surface area contributed by atoms with Gasteiger partial charge in [0.05, 0.1) is 11.4 Å². The molecule has 4 aromatic rings. The van der Waals surface area contributed by atoms with E-state index in [4.69, 9.17) is 0 Å². The molecule has 0 bridgehead atoms. The van der Waals surface area contributed by atoms with Crippen molar-refractivity contribution in [1.29, 1.82) is 0 Å². The highest BCUT2D eigenvalue weighted by Gasteiger charge is 2.19. The monoisotopic (exact) mass is 455 g/mol. The largest absolute Gasteiger partial charge is 0.435 e. The molecule has 0 unspecified atom stereocenters. The topological polar surface area (TPSA) is 74.8 Å². The molecule has 0 N–H and O–H groups in total. The van der Waals surface area contributed by atoms with Crippen molar-refractivity contribution in [3.05, 3.63) is 77.6 Å². The third-order valence-electron chi connectivity index (χ3n) is 4.83. The van der Waals surface area contributed by atoms with Gasteiger partial charge in [0.2, 0.25) is 5.16 Å². The number of carbonyl (C=O) groups excluding carboxylic acids is 1. The molecule has 0 aliphatic carbocycles. The molecule has 0 radical (unpaired) electrons. The molecule has 10 heteroatoms. The standard InChI is InChI=1S/C22H19F2N5O2S/c1-14-12-19(15(2)28(14)16-8-10-18(11-9-16)31-21(23)24)20(30)13-32-22-25-26-27-29(22)17-6-4-3-5-7-17/h3-12,21H,13H2,1-2H3. The molecule has 7 nitrogen and oxygen atoms in total. The van der Waals surface area contributed by atoms with Crippen molar-refractivity contribution >= 4 is 17.5 Å². The van der Waals surface area contributed by atoms with E-state index in [-0.39, 0.29) is 17.3 Å². The fraction of sp³-hybridized carbons (Fsp3) is 0.182. The van der Waals surface area contributed by atoms with Gasteiger partial charge in [0.1, 0.15) is 5.75 Å². The van der Waals surface area contributed by atoms with Gasteiger partial charge >= 0.3 is 6.61 Å². The quantitative estimate of drug-likeness (QED) is 0.285. The summed E-state index contributed by atoms with van der Waals surface area (Å²) in [6.07, 6.45) is 0. The zero-order valence-corrected chi connectivity index (χ0v) is 18.1. The maximum atomic E-state index is 13.0. The average molecular weight is 455 g/mol. The number of aromatic nitrogens is 5. The summed E-state index contributed by atoms with van der Waals surface area (Å²) in [5, 5.41) is 12.3. The lowest BCUT2D eigenvalue weighted by Crippen LogP contribution is -2.07. The van der Waals surface area contributed by atoms with Crippen molar-refractivity contribution in [2.24, 2.45) is 0 Å². The molecule has 0 aliphatic rings. The number of halogens is 2. The van der Waals surface area contributed by atoms with E-state index in [0.717, 1.165) is 22.8 Å². The van der Waals surface area contributed by atoms with Crippen LogP contribution in [0.25, 0.3) is 11.4 Å². The van der Waals surface area contributed by atoms with Gasteiger partial charge in [-0.3, -0.25) is 4.79 Å². The number of tetrazole rings is 1. The fourth-order valence-corrected chi connectivity index (χ4v) is 4.20. The number of thioether (sulfide) groups is 1. The van der Waals surface area contributed by atoms with E-state index >= 15 is 0 Å². The molecular weight excluding hydrogens is 436 g/mol. The van der Waals surface area contributed by atoms with E-state index in [9.17, 15) is 13.6 Å². The molecule has 2 aromatic carbocycles. The van der Waals surface area contributed by atoms with Gasteiger partial charge in [0.15, 0.2) is 5.78 Å². The Morgan fingerprint density at radius 1 is 1.06 bits per heavy atom. The Morgan fingerprint density at radius 2 is 1.78 bits per heavy atom. The Bertz CT molecular complexity index is 1220. The van der Waals surface area contributed by atoms with Gasteiger partial charge in [0, 0.05) is 22.6 Å². The first kappa shape index (κ1) is 21.7. The SMILES string of the molecule is Cc1cc(C(=O)CSc2nnnn2-c2ccccc2)c(C)n1-c1ccc(OC(F)F)cc1. The lowest BCUT2D eigenvalue weighted by Gasteiger charge is -2.11. The Kier molecular flexibility index (Phi) is 6.31. The molecule has 0 aliphatic heterocycles. The van der Waals surface area contributed by atoms with Gasteiger partial charge in [-0.15, -0.1) is 5.10 Å². The number of rotatable bonds is 8. The number of aryl methyl sites for hydroxylation is 1. The van der Waals surface area contributed by atoms with Crippen LogP contribution in [0.15, 0.2) is 65.8 Å². The van der Waals surface area contributed by atoms with Gasteiger partial charge < -0.3 is 9.30 Å². The summed E-state index contributed by atoms with van der Waals surface area (Å²) in [6, 6.07) is 17.6. The highest BCUT2D eigenvalue weighted by molar-refractivity contribution is 7.99. The maximum absolute atomic E-state index is 13.0. The summed E-state index contributed by atoms with van der Waals surface area (Å²) >= 11 is 1.26. The summed E-state index contributed by atoms with van der Waals surface area (Å²) in [6.45, 7) is 0.861. The summed E-state index contributed by atoms with van der Waals surface area (Å²) in [7, 11) is 0. The van der Waals surface area contributed by atoms with Gasteiger partial charge in [-0.1, -0.05) is 30.0 Å². The Morgan fingerprint density at radius 3 is 2.47 bits per heavy atom. The van der Waals surface area contributed by atoms with Crippen molar-refractivity contribution in [2.75, 3.05) is 5.75 Å². The third kappa shape index (κ3) is 4.54. The van der Waals surface area contributed by atoms with Crippen LogP contribution in [0.1, 0.15) is 21.7 Å². The molecular formula is C22H19F2N5O2S. The molecule has 2 heterocycles. The number of carbonyl (C=O) groups is 1. The number of nitrogens with zero attached hydrogens (tertiary/aromatic N) is 5. The molecule has 0 amide bonds. The minimum Gasteiger partial charge on any atom is -0.435 e. The average Bonchev–Trinajstić information content (AvgIpc) is 3.37. The second kappa shape index (κ2) is 9.31. The molecule has 0 atom stereocenters. The van der Waals surface area contributed by atoms with E-state index in [2.05, 4.69) is 20.3 Å². The Labute approximate surface area is 187 Å². The van der Waals surface area contributed by atoms with E-state index in [1.165, 1.54) is 23.9 Å². The first-order chi connectivity index (χ1) is 15.4. The van der Waals surface area contributed by atoms with Crippen LogP contribution in [0.4, 0.5) is 8.78 Å². The van der Waals surface area contributed by atoms with Crippen LogP contribution in [0, 0.1) is 13.8 Å². The molecule has 0 saturated carbocycles. The minimum absolute atomic E-state index is 0.0605. The van der Waals surface area contributed by atoms with Crippen molar-refractivity contribution in [1.82, 2.24) is 24.8 Å². The van der Waals surface area contributed by atoms with E-state index < -0.39 is 6.61 Å². The third-order valence-corrected chi connectivity index (χ3v) is 5.74. The second-order valence-corrected chi connectivity index (χ2v) is 7.86. The van der Waals surface area contributed by atoms with Gasteiger partial charge in [-0.05, 0) is 66.7 Å². The number of ether oxygens (including phenoxy) is 1. The molecule has 32 heavy (non-hydrogen) atoms. The highest BCUT2D eigenvalue weighted by atomic mass is 32.2. The van der Waals surface area contributed by atoms with Crippen molar-refractivity contribution < 1.29 is 18.3 Å². The van der Waals surface area contributed by atoms with E-state index in [1.807, 2.05) is 54.8 Å². The predicted molar refractivity (Wildman–Crippen MR) is 116 cm³/mol.